The molecule has 96 valence electrons. The zero-order valence-corrected chi connectivity index (χ0v) is 10.2. The van der Waals surface area contributed by atoms with Crippen LogP contribution >= 0.6 is 0 Å². The Balaban J connectivity index is 1.98. The van der Waals surface area contributed by atoms with Crippen LogP contribution in [0.2, 0.25) is 0 Å². The SMILES string of the molecule is N#C[C@H](CN1CCOCC1)[C@@H](O)c1ccncc1. The number of ether oxygens (including phenoxy) is 1. The van der Waals surface area contributed by atoms with Crippen molar-refractivity contribution in [3.63, 3.8) is 0 Å². The number of hydrogen-bond donors (Lipinski definition) is 1. The molecule has 0 aliphatic carbocycles. The fourth-order valence-electron chi connectivity index (χ4n) is 2.07. The highest BCUT2D eigenvalue weighted by Gasteiger charge is 2.24. The Morgan fingerprint density at radius 2 is 2.06 bits per heavy atom. The molecule has 2 rings (SSSR count). The number of aliphatic hydroxyl groups excluding tert-OH is 1. The molecular weight excluding hydrogens is 230 g/mol. The van der Waals surface area contributed by atoms with Gasteiger partial charge >= 0.3 is 0 Å². The number of nitrogens with zero attached hydrogens (tertiary/aromatic N) is 3. The molecule has 1 saturated heterocycles. The Morgan fingerprint density at radius 1 is 1.39 bits per heavy atom. The number of pyridine rings is 1. The van der Waals surface area contributed by atoms with Crippen molar-refractivity contribution in [2.24, 2.45) is 5.92 Å². The molecule has 1 N–H and O–H groups in total. The lowest BCUT2D eigenvalue weighted by atomic mass is 9.97. The Kier molecular flexibility index (Phi) is 4.65. The number of morpholine rings is 1. The van der Waals surface area contributed by atoms with E-state index >= 15 is 0 Å². The summed E-state index contributed by atoms with van der Waals surface area (Å²) in [5.41, 5.74) is 0.741. The third kappa shape index (κ3) is 3.26. The molecule has 0 bridgehead atoms. The third-order valence-corrected chi connectivity index (χ3v) is 3.15. The first-order chi connectivity index (χ1) is 8.81. The minimum atomic E-state index is -0.763. The van der Waals surface area contributed by atoms with Crippen molar-refractivity contribution in [2.75, 3.05) is 32.8 Å². The van der Waals surface area contributed by atoms with Crippen LogP contribution in [0.5, 0.6) is 0 Å². The maximum atomic E-state index is 10.2. The van der Waals surface area contributed by atoms with Crippen LogP contribution in [-0.4, -0.2) is 47.8 Å². The maximum Gasteiger partial charge on any atom is 0.0961 e. The molecule has 1 aliphatic rings. The summed E-state index contributed by atoms with van der Waals surface area (Å²) in [6.45, 7) is 3.61. The van der Waals surface area contributed by atoms with Gasteiger partial charge in [0, 0.05) is 32.0 Å². The first-order valence-corrected chi connectivity index (χ1v) is 6.09. The van der Waals surface area contributed by atoms with E-state index in [9.17, 15) is 10.4 Å². The average molecular weight is 247 g/mol. The Morgan fingerprint density at radius 3 is 2.67 bits per heavy atom. The van der Waals surface area contributed by atoms with Crippen molar-refractivity contribution in [3.05, 3.63) is 30.1 Å². The Hall–Kier alpha value is -1.48. The highest BCUT2D eigenvalue weighted by atomic mass is 16.5. The molecule has 1 fully saturated rings. The van der Waals surface area contributed by atoms with Crippen molar-refractivity contribution < 1.29 is 9.84 Å². The summed E-state index contributed by atoms with van der Waals surface area (Å²) in [4.78, 5) is 6.06. The predicted molar refractivity (Wildman–Crippen MR) is 65.6 cm³/mol. The normalized spacial score (nSPS) is 20.0. The standard InChI is InChI=1S/C13H17N3O2/c14-9-12(10-16-5-7-18-8-6-16)13(17)11-1-3-15-4-2-11/h1-4,12-13,17H,5-8,10H2/t12-,13+/m1/s1. The zero-order valence-electron chi connectivity index (χ0n) is 10.2. The van der Waals surface area contributed by atoms with Gasteiger partial charge in [-0.15, -0.1) is 0 Å². The third-order valence-electron chi connectivity index (χ3n) is 3.15. The van der Waals surface area contributed by atoms with Gasteiger partial charge in [0.2, 0.25) is 0 Å². The van der Waals surface area contributed by atoms with Crippen LogP contribution in [0.15, 0.2) is 24.5 Å². The molecule has 5 nitrogen and oxygen atoms in total. The molecule has 0 unspecified atom stereocenters. The van der Waals surface area contributed by atoms with E-state index in [4.69, 9.17) is 4.74 Å². The second-order valence-corrected chi connectivity index (χ2v) is 4.37. The summed E-state index contributed by atoms with van der Waals surface area (Å²) in [6.07, 6.45) is 2.49. The molecule has 5 heteroatoms. The molecule has 1 aliphatic heterocycles. The molecule has 1 aromatic rings. The fourth-order valence-corrected chi connectivity index (χ4v) is 2.07. The van der Waals surface area contributed by atoms with Crippen LogP contribution in [0.1, 0.15) is 11.7 Å². The summed E-state index contributed by atoms with van der Waals surface area (Å²) >= 11 is 0. The van der Waals surface area contributed by atoms with Crippen LogP contribution in [0.3, 0.4) is 0 Å². The summed E-state index contributed by atoms with van der Waals surface area (Å²) in [6, 6.07) is 5.68. The first kappa shape index (κ1) is 13.0. The topological polar surface area (TPSA) is 69.4 Å². The van der Waals surface area contributed by atoms with Gasteiger partial charge in [-0.1, -0.05) is 0 Å². The van der Waals surface area contributed by atoms with Gasteiger partial charge < -0.3 is 9.84 Å². The van der Waals surface area contributed by atoms with Crippen molar-refractivity contribution in [2.45, 2.75) is 6.10 Å². The minimum absolute atomic E-state index is 0.425. The highest BCUT2D eigenvalue weighted by molar-refractivity contribution is 5.16. The van der Waals surface area contributed by atoms with Gasteiger partial charge in [0.25, 0.3) is 0 Å². The lowest BCUT2D eigenvalue weighted by Crippen LogP contribution is -2.40. The Labute approximate surface area is 107 Å². The molecule has 0 spiro atoms. The van der Waals surface area contributed by atoms with Crippen molar-refractivity contribution >= 4 is 0 Å². The van der Waals surface area contributed by atoms with Gasteiger partial charge in [-0.05, 0) is 17.7 Å². The Bertz CT molecular complexity index is 398. The molecule has 0 aromatic carbocycles. The van der Waals surface area contributed by atoms with Crippen LogP contribution < -0.4 is 0 Å². The van der Waals surface area contributed by atoms with Gasteiger partial charge in [-0.2, -0.15) is 5.26 Å². The van der Waals surface area contributed by atoms with E-state index in [2.05, 4.69) is 16.0 Å². The van der Waals surface area contributed by atoms with Crippen LogP contribution in [0.25, 0.3) is 0 Å². The average Bonchev–Trinajstić information content (AvgIpc) is 2.46. The molecule has 18 heavy (non-hydrogen) atoms. The van der Waals surface area contributed by atoms with Gasteiger partial charge in [-0.3, -0.25) is 9.88 Å². The second-order valence-electron chi connectivity index (χ2n) is 4.37. The van der Waals surface area contributed by atoms with Crippen molar-refractivity contribution in [1.29, 1.82) is 5.26 Å². The molecular formula is C13H17N3O2. The molecule has 0 saturated carbocycles. The van der Waals surface area contributed by atoms with E-state index in [1.807, 2.05) is 0 Å². The van der Waals surface area contributed by atoms with Gasteiger partial charge in [0.15, 0.2) is 0 Å². The fraction of sp³-hybridized carbons (Fsp3) is 0.538. The lowest BCUT2D eigenvalue weighted by Gasteiger charge is -2.29. The maximum absolute atomic E-state index is 10.2. The summed E-state index contributed by atoms with van der Waals surface area (Å²) in [7, 11) is 0. The van der Waals surface area contributed by atoms with Crippen LogP contribution in [-0.2, 0) is 4.74 Å². The van der Waals surface area contributed by atoms with E-state index in [0.29, 0.717) is 19.8 Å². The van der Waals surface area contributed by atoms with E-state index in [-0.39, 0.29) is 0 Å². The first-order valence-electron chi connectivity index (χ1n) is 6.09. The number of nitriles is 1. The number of rotatable bonds is 4. The van der Waals surface area contributed by atoms with Crippen molar-refractivity contribution in [1.82, 2.24) is 9.88 Å². The predicted octanol–water partition coefficient (Wildman–Crippen LogP) is 0.587. The zero-order chi connectivity index (χ0) is 12.8. The van der Waals surface area contributed by atoms with E-state index in [0.717, 1.165) is 18.7 Å². The molecule has 0 amide bonds. The summed E-state index contributed by atoms with van der Waals surface area (Å²) in [5, 5.41) is 19.4. The largest absolute Gasteiger partial charge is 0.387 e. The number of aromatic nitrogens is 1. The quantitative estimate of drug-likeness (QED) is 0.843. The summed E-state index contributed by atoms with van der Waals surface area (Å²) < 4.78 is 5.26. The van der Waals surface area contributed by atoms with Crippen LogP contribution in [0.4, 0.5) is 0 Å². The van der Waals surface area contributed by atoms with Gasteiger partial charge in [-0.25, -0.2) is 0 Å². The molecule has 2 heterocycles. The lowest BCUT2D eigenvalue weighted by molar-refractivity contribution is 0.0208. The minimum Gasteiger partial charge on any atom is -0.387 e. The smallest absolute Gasteiger partial charge is 0.0961 e. The van der Waals surface area contributed by atoms with Gasteiger partial charge in [0.1, 0.15) is 0 Å². The second kappa shape index (κ2) is 6.45. The molecule has 0 radical (unpaired) electrons. The number of hydrogen-bond acceptors (Lipinski definition) is 5. The van der Waals surface area contributed by atoms with E-state index < -0.39 is 12.0 Å². The summed E-state index contributed by atoms with van der Waals surface area (Å²) in [5.74, 6) is -0.425. The van der Waals surface area contributed by atoms with Crippen LogP contribution in [0, 0.1) is 17.2 Å². The van der Waals surface area contributed by atoms with E-state index in [1.54, 1.807) is 24.5 Å². The van der Waals surface area contributed by atoms with Crippen molar-refractivity contribution in [3.8, 4) is 6.07 Å². The highest BCUT2D eigenvalue weighted by Crippen LogP contribution is 2.22. The molecule has 2 atom stereocenters. The van der Waals surface area contributed by atoms with Gasteiger partial charge in [0.05, 0.1) is 31.3 Å². The number of aliphatic hydroxyl groups is 1. The monoisotopic (exact) mass is 247 g/mol. The van der Waals surface area contributed by atoms with E-state index in [1.165, 1.54) is 0 Å². The molecule has 1 aromatic heterocycles.